The lowest BCUT2D eigenvalue weighted by molar-refractivity contribution is -0.132. The van der Waals surface area contributed by atoms with Gasteiger partial charge in [-0.2, -0.15) is 4.31 Å². The van der Waals surface area contributed by atoms with Gasteiger partial charge in [-0.15, -0.1) is 0 Å². The molecule has 3 aliphatic heterocycles. The van der Waals surface area contributed by atoms with Crippen molar-refractivity contribution in [3.8, 4) is 0 Å². The summed E-state index contributed by atoms with van der Waals surface area (Å²) in [5, 5.41) is -0.502. The van der Waals surface area contributed by atoms with Crippen molar-refractivity contribution >= 4 is 33.4 Å². The number of piperazine rings is 1. The number of rotatable bonds is 5. The summed E-state index contributed by atoms with van der Waals surface area (Å²) in [7, 11) is -3.35. The molecule has 0 aromatic heterocycles. The largest absolute Gasteiger partial charge is 0.340 e. The van der Waals surface area contributed by atoms with Crippen molar-refractivity contribution in [3.63, 3.8) is 0 Å². The summed E-state index contributed by atoms with van der Waals surface area (Å²) in [4.78, 5) is 44.6. The standard InChI is InChI=1S/C25H28N4O5S/c1-17(2)35(33,34)27-15-13-26(14-16-27)22(30)11-12-28-23-18-7-3-4-8-19(18)25(32)29(23)21-10-6-5-9-20(21)24(28)31/h3-10,17,23H,11-16H2,1-2H3/t23-/m0/s1. The van der Waals surface area contributed by atoms with E-state index in [1.165, 1.54) is 4.31 Å². The number of sulfonamides is 1. The molecular weight excluding hydrogens is 468 g/mol. The number of anilines is 1. The molecule has 0 aliphatic carbocycles. The summed E-state index contributed by atoms with van der Waals surface area (Å²) in [5.41, 5.74) is 2.32. The van der Waals surface area contributed by atoms with Gasteiger partial charge in [-0.05, 0) is 32.0 Å². The second kappa shape index (κ2) is 8.76. The predicted molar refractivity (Wildman–Crippen MR) is 130 cm³/mol. The highest BCUT2D eigenvalue weighted by atomic mass is 32.2. The van der Waals surface area contributed by atoms with E-state index in [0.717, 1.165) is 5.56 Å². The normalized spacial score (nSPS) is 20.2. The summed E-state index contributed by atoms with van der Waals surface area (Å²) in [6.07, 6.45) is -0.507. The maximum Gasteiger partial charge on any atom is 0.260 e. The molecule has 0 radical (unpaired) electrons. The topological polar surface area (TPSA) is 98.3 Å². The van der Waals surface area contributed by atoms with Crippen LogP contribution in [0, 0.1) is 0 Å². The first-order valence-corrected chi connectivity index (χ1v) is 13.3. The van der Waals surface area contributed by atoms with E-state index in [9.17, 15) is 22.8 Å². The molecule has 1 saturated heterocycles. The van der Waals surface area contributed by atoms with Crippen LogP contribution in [-0.2, 0) is 14.8 Å². The molecule has 10 heteroatoms. The van der Waals surface area contributed by atoms with Crippen LogP contribution in [0.5, 0.6) is 0 Å². The lowest BCUT2D eigenvalue weighted by atomic mass is 10.0. The van der Waals surface area contributed by atoms with E-state index >= 15 is 0 Å². The van der Waals surface area contributed by atoms with Gasteiger partial charge in [0.25, 0.3) is 11.8 Å². The van der Waals surface area contributed by atoms with Crippen LogP contribution in [0.2, 0.25) is 0 Å². The first-order valence-electron chi connectivity index (χ1n) is 11.8. The maximum atomic E-state index is 13.5. The molecule has 0 N–H and O–H groups in total. The SMILES string of the molecule is CC(C)S(=O)(=O)N1CCN(C(=O)CCN2C(=O)c3ccccc3N3C(=O)c4ccccc4[C@@H]23)CC1. The molecule has 0 unspecified atom stereocenters. The van der Waals surface area contributed by atoms with Gasteiger partial charge in [0, 0.05) is 50.3 Å². The zero-order valence-corrected chi connectivity index (χ0v) is 20.6. The van der Waals surface area contributed by atoms with Gasteiger partial charge in [0.1, 0.15) is 6.17 Å². The highest BCUT2D eigenvalue weighted by Crippen LogP contribution is 2.45. The van der Waals surface area contributed by atoms with Gasteiger partial charge in [-0.25, -0.2) is 8.42 Å². The smallest absolute Gasteiger partial charge is 0.260 e. The van der Waals surface area contributed by atoms with Crippen molar-refractivity contribution in [3.05, 3.63) is 65.2 Å². The fourth-order valence-corrected chi connectivity index (χ4v) is 6.33. The summed E-state index contributed by atoms with van der Waals surface area (Å²) in [5.74, 6) is -0.515. The lowest BCUT2D eigenvalue weighted by Crippen LogP contribution is -2.53. The molecule has 1 fully saturated rings. The zero-order chi connectivity index (χ0) is 24.9. The molecule has 0 bridgehead atoms. The van der Waals surface area contributed by atoms with Gasteiger partial charge in [0.2, 0.25) is 15.9 Å². The van der Waals surface area contributed by atoms with E-state index in [-0.39, 0.29) is 43.8 Å². The average molecular weight is 497 g/mol. The molecule has 0 saturated carbocycles. The number of fused-ring (bicyclic) bond motifs is 5. The molecule has 35 heavy (non-hydrogen) atoms. The van der Waals surface area contributed by atoms with E-state index in [2.05, 4.69) is 0 Å². The molecule has 9 nitrogen and oxygen atoms in total. The Bertz CT molecular complexity index is 1300. The second-order valence-corrected chi connectivity index (χ2v) is 11.8. The van der Waals surface area contributed by atoms with Crippen LogP contribution in [-0.4, -0.2) is 78.2 Å². The Balaban J connectivity index is 1.34. The highest BCUT2D eigenvalue weighted by molar-refractivity contribution is 7.89. The molecular formula is C25H28N4O5S. The molecule has 1 atom stereocenters. The molecule has 2 aromatic rings. The fraction of sp³-hybridized carbons (Fsp3) is 0.400. The van der Waals surface area contributed by atoms with E-state index in [1.54, 1.807) is 64.9 Å². The van der Waals surface area contributed by atoms with Crippen molar-refractivity contribution in [2.24, 2.45) is 0 Å². The van der Waals surface area contributed by atoms with Crippen LogP contribution < -0.4 is 4.90 Å². The maximum absolute atomic E-state index is 13.5. The van der Waals surface area contributed by atoms with Crippen molar-refractivity contribution < 1.29 is 22.8 Å². The summed E-state index contributed by atoms with van der Waals surface area (Å²) < 4.78 is 26.3. The van der Waals surface area contributed by atoms with Crippen LogP contribution in [0.4, 0.5) is 5.69 Å². The first kappa shape index (κ1) is 23.5. The van der Waals surface area contributed by atoms with E-state index < -0.39 is 21.4 Å². The van der Waals surface area contributed by atoms with Crippen LogP contribution in [0.3, 0.4) is 0 Å². The Morgan fingerprint density at radius 3 is 2.23 bits per heavy atom. The summed E-state index contributed by atoms with van der Waals surface area (Å²) >= 11 is 0. The highest BCUT2D eigenvalue weighted by Gasteiger charge is 2.47. The lowest BCUT2D eigenvalue weighted by Gasteiger charge is -2.41. The third-order valence-electron chi connectivity index (χ3n) is 7.00. The quantitative estimate of drug-likeness (QED) is 0.631. The molecule has 0 spiro atoms. The molecule has 3 amide bonds. The van der Waals surface area contributed by atoms with E-state index in [1.807, 2.05) is 12.1 Å². The molecule has 3 aliphatic rings. The van der Waals surface area contributed by atoms with Crippen molar-refractivity contribution in [2.45, 2.75) is 31.7 Å². The number of hydrogen-bond donors (Lipinski definition) is 0. The Hall–Kier alpha value is -3.24. The van der Waals surface area contributed by atoms with Gasteiger partial charge in [0.05, 0.1) is 16.5 Å². The van der Waals surface area contributed by atoms with Crippen molar-refractivity contribution in [2.75, 3.05) is 37.6 Å². The number of nitrogens with zero attached hydrogens (tertiary/aromatic N) is 4. The second-order valence-electron chi connectivity index (χ2n) is 9.28. The number of para-hydroxylation sites is 1. The minimum atomic E-state index is -3.35. The van der Waals surface area contributed by atoms with Crippen LogP contribution in [0.15, 0.2) is 48.5 Å². The number of hydrogen-bond acceptors (Lipinski definition) is 5. The third-order valence-corrected chi connectivity index (χ3v) is 9.27. The Morgan fingerprint density at radius 2 is 1.54 bits per heavy atom. The Morgan fingerprint density at radius 1 is 0.914 bits per heavy atom. The average Bonchev–Trinajstić information content (AvgIpc) is 3.16. The Kier molecular flexibility index (Phi) is 5.88. The monoisotopic (exact) mass is 496 g/mol. The predicted octanol–water partition coefficient (Wildman–Crippen LogP) is 2.07. The van der Waals surface area contributed by atoms with Gasteiger partial charge in [-0.3, -0.25) is 19.3 Å². The van der Waals surface area contributed by atoms with E-state index in [0.29, 0.717) is 29.9 Å². The third kappa shape index (κ3) is 3.81. The van der Waals surface area contributed by atoms with Crippen LogP contribution in [0.25, 0.3) is 0 Å². The number of amides is 3. The van der Waals surface area contributed by atoms with Gasteiger partial charge >= 0.3 is 0 Å². The van der Waals surface area contributed by atoms with Gasteiger partial charge in [-0.1, -0.05) is 30.3 Å². The van der Waals surface area contributed by atoms with Crippen molar-refractivity contribution in [1.29, 1.82) is 0 Å². The van der Waals surface area contributed by atoms with Crippen molar-refractivity contribution in [1.82, 2.24) is 14.1 Å². The van der Waals surface area contributed by atoms with Crippen LogP contribution >= 0.6 is 0 Å². The molecule has 184 valence electrons. The first-order chi connectivity index (χ1) is 16.7. The minimum absolute atomic E-state index is 0.0888. The minimum Gasteiger partial charge on any atom is -0.340 e. The number of benzene rings is 2. The number of carbonyl (C=O) groups excluding carboxylic acids is 3. The Labute approximate surface area is 204 Å². The molecule has 3 heterocycles. The van der Waals surface area contributed by atoms with E-state index in [4.69, 9.17) is 0 Å². The summed E-state index contributed by atoms with van der Waals surface area (Å²) in [6, 6.07) is 14.3. The fourth-order valence-electron chi connectivity index (χ4n) is 5.06. The summed E-state index contributed by atoms with van der Waals surface area (Å²) in [6.45, 7) is 4.61. The molecule has 5 rings (SSSR count). The van der Waals surface area contributed by atoms with Gasteiger partial charge in [0.15, 0.2) is 0 Å². The molecule has 2 aromatic carbocycles. The zero-order valence-electron chi connectivity index (χ0n) is 19.8. The van der Waals surface area contributed by atoms with Gasteiger partial charge < -0.3 is 9.80 Å². The van der Waals surface area contributed by atoms with Crippen LogP contribution in [0.1, 0.15) is 52.7 Å². The number of carbonyl (C=O) groups is 3.